The topological polar surface area (TPSA) is 70.4 Å². The second-order valence-corrected chi connectivity index (χ2v) is 8.07. The van der Waals surface area contributed by atoms with Gasteiger partial charge in [-0.2, -0.15) is 0 Å². The van der Waals surface area contributed by atoms with E-state index in [0.717, 1.165) is 35.4 Å². The molecule has 2 aliphatic rings. The molecule has 1 saturated heterocycles. The van der Waals surface area contributed by atoms with Gasteiger partial charge in [-0.25, -0.2) is 5.43 Å². The highest BCUT2D eigenvalue weighted by molar-refractivity contribution is 5.83. The minimum absolute atomic E-state index is 0.149. The van der Waals surface area contributed by atoms with E-state index in [2.05, 4.69) is 59.3 Å². The average molecular weight is 402 g/mol. The smallest absolute Gasteiger partial charge is 0.241 e. The van der Waals surface area contributed by atoms with Crippen molar-refractivity contribution < 1.29 is 9.32 Å². The van der Waals surface area contributed by atoms with Crippen LogP contribution in [-0.2, 0) is 17.8 Å². The zero-order valence-corrected chi connectivity index (χ0v) is 17.1. The fourth-order valence-electron chi connectivity index (χ4n) is 4.35. The summed E-state index contributed by atoms with van der Waals surface area (Å²) in [7, 11) is 0. The van der Waals surface area contributed by atoms with Crippen molar-refractivity contribution in [2.75, 3.05) is 6.54 Å². The predicted molar refractivity (Wildman–Crippen MR) is 115 cm³/mol. The first-order chi connectivity index (χ1) is 14.7. The van der Waals surface area contributed by atoms with Gasteiger partial charge in [-0.15, -0.1) is 0 Å². The first-order valence-electron chi connectivity index (χ1n) is 10.7. The number of hydrazine groups is 1. The summed E-state index contributed by atoms with van der Waals surface area (Å²) in [6.07, 6.45) is 2.54. The predicted octanol–water partition coefficient (Wildman–Crippen LogP) is 3.54. The Balaban J connectivity index is 1.35. The molecule has 5 rings (SSSR count). The lowest BCUT2D eigenvalue weighted by molar-refractivity contribution is -0.134. The molecule has 6 heteroatoms. The van der Waals surface area contributed by atoms with Gasteiger partial charge < -0.3 is 9.42 Å². The standard InChI is InChI=1S/C24H26N4O2/c1-2-19-14-21(26-25-19)24(29)28-13-12-22-20(15-28)23(27-30-22)18-10-8-17(9-11-18)16-6-4-3-5-7-16/h3-11,19,21,25-26H,2,12-15H2,1H3. The van der Waals surface area contributed by atoms with E-state index in [0.29, 0.717) is 25.6 Å². The summed E-state index contributed by atoms with van der Waals surface area (Å²) >= 11 is 0. The van der Waals surface area contributed by atoms with Gasteiger partial charge >= 0.3 is 0 Å². The summed E-state index contributed by atoms with van der Waals surface area (Å²) in [6.45, 7) is 3.34. The quantitative estimate of drug-likeness (QED) is 0.699. The molecular formula is C24H26N4O2. The monoisotopic (exact) mass is 402 g/mol. The van der Waals surface area contributed by atoms with Crippen LogP contribution >= 0.6 is 0 Å². The normalized spacial score (nSPS) is 20.9. The Hall–Kier alpha value is -2.96. The van der Waals surface area contributed by atoms with Crippen LogP contribution in [0.5, 0.6) is 0 Å². The largest absolute Gasteiger partial charge is 0.360 e. The summed E-state index contributed by atoms with van der Waals surface area (Å²) in [4.78, 5) is 14.9. The molecule has 1 fully saturated rings. The Labute approximate surface area is 176 Å². The summed E-state index contributed by atoms with van der Waals surface area (Å²) in [6, 6.07) is 18.9. The first kappa shape index (κ1) is 19.0. The molecule has 2 aromatic carbocycles. The van der Waals surface area contributed by atoms with Crippen molar-refractivity contribution in [1.29, 1.82) is 0 Å². The van der Waals surface area contributed by atoms with Gasteiger partial charge in [0, 0.05) is 30.1 Å². The molecule has 3 aromatic rings. The molecule has 0 radical (unpaired) electrons. The number of nitrogens with one attached hydrogen (secondary N) is 2. The van der Waals surface area contributed by atoms with Crippen LogP contribution in [0, 0.1) is 0 Å². The molecular weight excluding hydrogens is 376 g/mol. The molecule has 6 nitrogen and oxygen atoms in total. The lowest BCUT2D eigenvalue weighted by atomic mass is 9.98. The second-order valence-electron chi connectivity index (χ2n) is 8.07. The van der Waals surface area contributed by atoms with Crippen LogP contribution in [0.1, 0.15) is 31.1 Å². The maximum Gasteiger partial charge on any atom is 0.241 e. The van der Waals surface area contributed by atoms with Crippen LogP contribution in [0.4, 0.5) is 0 Å². The molecule has 2 unspecified atom stereocenters. The van der Waals surface area contributed by atoms with Gasteiger partial charge in [0.25, 0.3) is 0 Å². The Morgan fingerprint density at radius 3 is 2.53 bits per heavy atom. The molecule has 3 heterocycles. The van der Waals surface area contributed by atoms with Gasteiger partial charge in [-0.1, -0.05) is 66.7 Å². The molecule has 0 bridgehead atoms. The van der Waals surface area contributed by atoms with Crippen LogP contribution in [0.25, 0.3) is 22.4 Å². The third kappa shape index (κ3) is 3.53. The van der Waals surface area contributed by atoms with Crippen molar-refractivity contribution in [3.8, 4) is 22.4 Å². The van der Waals surface area contributed by atoms with Gasteiger partial charge in [0.15, 0.2) is 0 Å². The number of rotatable bonds is 4. The van der Waals surface area contributed by atoms with Gasteiger partial charge in [0.1, 0.15) is 17.5 Å². The maximum absolute atomic E-state index is 13.0. The number of benzene rings is 2. The highest BCUT2D eigenvalue weighted by Crippen LogP contribution is 2.32. The maximum atomic E-state index is 13.0. The fourth-order valence-corrected chi connectivity index (χ4v) is 4.35. The lowest BCUT2D eigenvalue weighted by Gasteiger charge is -2.28. The number of fused-ring (bicyclic) bond motifs is 1. The van der Waals surface area contributed by atoms with Crippen molar-refractivity contribution in [2.24, 2.45) is 0 Å². The molecule has 30 heavy (non-hydrogen) atoms. The van der Waals surface area contributed by atoms with E-state index >= 15 is 0 Å². The number of aromatic nitrogens is 1. The van der Waals surface area contributed by atoms with E-state index in [1.165, 1.54) is 11.1 Å². The highest BCUT2D eigenvalue weighted by Gasteiger charge is 2.34. The summed E-state index contributed by atoms with van der Waals surface area (Å²) < 4.78 is 5.63. The molecule has 154 valence electrons. The molecule has 1 amide bonds. The summed E-state index contributed by atoms with van der Waals surface area (Å²) in [5, 5.41) is 4.35. The molecule has 0 aliphatic carbocycles. The first-order valence-corrected chi connectivity index (χ1v) is 10.7. The third-order valence-corrected chi connectivity index (χ3v) is 6.18. The summed E-state index contributed by atoms with van der Waals surface area (Å²) in [5.74, 6) is 1.04. The number of nitrogens with zero attached hydrogens (tertiary/aromatic N) is 2. The molecule has 0 saturated carbocycles. The number of carbonyl (C=O) groups is 1. The fraction of sp³-hybridized carbons (Fsp3) is 0.333. The van der Waals surface area contributed by atoms with Crippen LogP contribution in [-0.4, -0.2) is 34.6 Å². The Morgan fingerprint density at radius 2 is 1.80 bits per heavy atom. The van der Waals surface area contributed by atoms with Crippen LogP contribution in [0.15, 0.2) is 59.1 Å². The number of carbonyl (C=O) groups excluding carboxylic acids is 1. The van der Waals surface area contributed by atoms with E-state index < -0.39 is 0 Å². The van der Waals surface area contributed by atoms with Crippen molar-refractivity contribution >= 4 is 5.91 Å². The van der Waals surface area contributed by atoms with E-state index in [1.807, 2.05) is 23.1 Å². The molecule has 0 spiro atoms. The number of amides is 1. The minimum atomic E-state index is -0.162. The average Bonchev–Trinajstić information content (AvgIpc) is 3.46. The van der Waals surface area contributed by atoms with Gasteiger partial charge in [0.2, 0.25) is 5.91 Å². The van der Waals surface area contributed by atoms with Gasteiger partial charge in [-0.05, 0) is 24.0 Å². The Morgan fingerprint density at radius 1 is 1.07 bits per heavy atom. The second kappa shape index (κ2) is 8.05. The zero-order valence-electron chi connectivity index (χ0n) is 17.1. The van der Waals surface area contributed by atoms with Crippen molar-refractivity contribution in [2.45, 2.75) is 44.8 Å². The van der Waals surface area contributed by atoms with Crippen LogP contribution in [0.2, 0.25) is 0 Å². The van der Waals surface area contributed by atoms with Crippen LogP contribution < -0.4 is 10.9 Å². The van der Waals surface area contributed by atoms with Crippen molar-refractivity contribution in [3.63, 3.8) is 0 Å². The zero-order chi connectivity index (χ0) is 20.5. The molecule has 2 aliphatic heterocycles. The van der Waals surface area contributed by atoms with Gasteiger partial charge in [-0.3, -0.25) is 10.2 Å². The minimum Gasteiger partial charge on any atom is -0.360 e. The van der Waals surface area contributed by atoms with E-state index in [9.17, 15) is 4.79 Å². The number of hydrogen-bond donors (Lipinski definition) is 2. The lowest BCUT2D eigenvalue weighted by Crippen LogP contribution is -2.47. The van der Waals surface area contributed by atoms with Crippen molar-refractivity contribution in [1.82, 2.24) is 20.9 Å². The van der Waals surface area contributed by atoms with E-state index in [-0.39, 0.29) is 11.9 Å². The van der Waals surface area contributed by atoms with Gasteiger partial charge in [0.05, 0.1) is 6.54 Å². The number of hydrogen-bond acceptors (Lipinski definition) is 5. The molecule has 1 aromatic heterocycles. The highest BCUT2D eigenvalue weighted by atomic mass is 16.5. The van der Waals surface area contributed by atoms with E-state index in [1.54, 1.807) is 0 Å². The van der Waals surface area contributed by atoms with Crippen molar-refractivity contribution in [3.05, 3.63) is 65.9 Å². The molecule has 2 N–H and O–H groups in total. The van der Waals surface area contributed by atoms with Crippen LogP contribution in [0.3, 0.4) is 0 Å². The van der Waals surface area contributed by atoms with E-state index in [4.69, 9.17) is 4.52 Å². The Bertz CT molecular complexity index is 1030. The molecule has 2 atom stereocenters. The SMILES string of the molecule is CCC1CC(C(=O)N2CCc3onc(-c4ccc(-c5ccccc5)cc4)c3C2)NN1. The third-order valence-electron chi connectivity index (χ3n) is 6.18. The Kier molecular flexibility index (Phi) is 5.11. The summed E-state index contributed by atoms with van der Waals surface area (Å²) in [5.41, 5.74) is 11.6.